The van der Waals surface area contributed by atoms with Crippen LogP contribution < -0.4 is 10.6 Å². The molecule has 0 bridgehead atoms. The number of nitrogens with zero attached hydrogens (tertiary/aromatic N) is 2. The molecule has 0 saturated heterocycles. The van der Waals surface area contributed by atoms with Gasteiger partial charge >= 0.3 is 0 Å². The monoisotopic (exact) mass is 360 g/mol. The lowest BCUT2D eigenvalue weighted by molar-refractivity contribution is 0.211. The molecule has 0 aliphatic heterocycles. The minimum Gasteiger partial charge on any atom is -0.383 e. The molecule has 1 aromatic carbocycles. The van der Waals surface area contributed by atoms with Gasteiger partial charge in [-0.15, -0.1) is 11.3 Å². The van der Waals surface area contributed by atoms with E-state index in [2.05, 4.69) is 69.4 Å². The molecule has 0 aliphatic carbocycles. The predicted molar refractivity (Wildman–Crippen MR) is 108 cm³/mol. The Balaban J connectivity index is 1.77. The van der Waals surface area contributed by atoms with Crippen molar-refractivity contribution in [1.29, 1.82) is 0 Å². The molecule has 0 saturated carbocycles. The topological polar surface area (TPSA) is 48.9 Å². The highest BCUT2D eigenvalue weighted by atomic mass is 32.1. The largest absolute Gasteiger partial charge is 0.383 e. The molecule has 0 aliphatic rings. The molecule has 136 valence electrons. The highest BCUT2D eigenvalue weighted by Crippen LogP contribution is 2.10. The fourth-order valence-corrected chi connectivity index (χ4v) is 3.14. The summed E-state index contributed by atoms with van der Waals surface area (Å²) in [6, 6.07) is 12.7. The van der Waals surface area contributed by atoms with Gasteiger partial charge in [0.25, 0.3) is 0 Å². The summed E-state index contributed by atoms with van der Waals surface area (Å²) in [5.74, 6) is 0.916. The summed E-state index contributed by atoms with van der Waals surface area (Å²) < 4.78 is 5.04. The van der Waals surface area contributed by atoms with Gasteiger partial charge in [-0.1, -0.05) is 18.2 Å². The summed E-state index contributed by atoms with van der Waals surface area (Å²) in [6.45, 7) is 3.23. The smallest absolute Gasteiger partial charge is 0.193 e. The molecular formula is C19H28N4OS. The van der Waals surface area contributed by atoms with Gasteiger partial charge in [-0.2, -0.15) is 0 Å². The molecule has 0 spiro atoms. The SMILES string of the molecule is CN=C(NCc1ccc(NCCOC)cc1)N(C)CCc1cccs1. The molecule has 1 aromatic heterocycles. The van der Waals surface area contributed by atoms with Crippen LogP contribution in [0, 0.1) is 0 Å². The molecule has 0 amide bonds. The van der Waals surface area contributed by atoms with E-state index in [0.717, 1.165) is 37.7 Å². The third-order valence-electron chi connectivity index (χ3n) is 3.89. The van der Waals surface area contributed by atoms with Crippen LogP contribution in [0.4, 0.5) is 5.69 Å². The Hall–Kier alpha value is -2.05. The van der Waals surface area contributed by atoms with Crippen LogP contribution >= 0.6 is 11.3 Å². The van der Waals surface area contributed by atoms with E-state index < -0.39 is 0 Å². The van der Waals surface area contributed by atoms with Crippen molar-refractivity contribution in [2.24, 2.45) is 4.99 Å². The lowest BCUT2D eigenvalue weighted by atomic mass is 10.2. The Morgan fingerprint density at radius 1 is 1.24 bits per heavy atom. The van der Waals surface area contributed by atoms with Crippen LogP contribution in [0.3, 0.4) is 0 Å². The molecule has 2 rings (SSSR count). The molecular weight excluding hydrogens is 332 g/mol. The van der Waals surface area contributed by atoms with Crippen LogP contribution in [0.15, 0.2) is 46.8 Å². The van der Waals surface area contributed by atoms with Crippen LogP contribution in [-0.4, -0.2) is 51.8 Å². The molecule has 1 heterocycles. The molecule has 0 radical (unpaired) electrons. The number of rotatable bonds is 9. The fraction of sp³-hybridized carbons (Fsp3) is 0.421. The molecule has 5 nitrogen and oxygen atoms in total. The lowest BCUT2D eigenvalue weighted by Crippen LogP contribution is -2.39. The van der Waals surface area contributed by atoms with E-state index in [4.69, 9.17) is 4.74 Å². The first-order valence-electron chi connectivity index (χ1n) is 8.49. The van der Waals surface area contributed by atoms with Gasteiger partial charge in [-0.25, -0.2) is 0 Å². The van der Waals surface area contributed by atoms with Gasteiger partial charge in [0.15, 0.2) is 5.96 Å². The number of guanidine groups is 1. The van der Waals surface area contributed by atoms with Crippen LogP contribution in [-0.2, 0) is 17.7 Å². The van der Waals surface area contributed by atoms with Crippen molar-refractivity contribution in [1.82, 2.24) is 10.2 Å². The Kier molecular flexibility index (Phi) is 8.28. The first-order chi connectivity index (χ1) is 12.2. The van der Waals surface area contributed by atoms with E-state index in [1.807, 2.05) is 7.05 Å². The van der Waals surface area contributed by atoms with E-state index in [1.165, 1.54) is 10.4 Å². The van der Waals surface area contributed by atoms with Crippen molar-refractivity contribution in [3.8, 4) is 0 Å². The number of thiophene rings is 1. The second-order valence-corrected chi connectivity index (χ2v) is 6.80. The first kappa shape index (κ1) is 19.3. The zero-order valence-electron chi connectivity index (χ0n) is 15.3. The first-order valence-corrected chi connectivity index (χ1v) is 9.37. The maximum atomic E-state index is 5.04. The second kappa shape index (κ2) is 10.7. The molecule has 0 atom stereocenters. The summed E-state index contributed by atoms with van der Waals surface area (Å²) in [6.07, 6.45) is 1.04. The summed E-state index contributed by atoms with van der Waals surface area (Å²) >= 11 is 1.80. The minimum absolute atomic E-state index is 0.706. The average Bonchev–Trinajstić information content (AvgIpc) is 3.15. The van der Waals surface area contributed by atoms with Gasteiger partial charge in [0.1, 0.15) is 0 Å². The number of ether oxygens (including phenoxy) is 1. The normalized spacial score (nSPS) is 11.4. The average molecular weight is 361 g/mol. The lowest BCUT2D eigenvalue weighted by Gasteiger charge is -2.22. The molecule has 0 unspecified atom stereocenters. The maximum Gasteiger partial charge on any atom is 0.193 e. The summed E-state index contributed by atoms with van der Waals surface area (Å²) in [5, 5.41) is 8.87. The quantitative estimate of drug-likeness (QED) is 0.410. The number of benzene rings is 1. The molecule has 2 N–H and O–H groups in total. The van der Waals surface area contributed by atoms with Gasteiger partial charge in [0.05, 0.1) is 6.61 Å². The molecule has 2 aromatic rings. The summed E-state index contributed by atoms with van der Waals surface area (Å²) in [7, 11) is 5.61. The molecule has 0 fully saturated rings. The third kappa shape index (κ3) is 6.76. The Morgan fingerprint density at radius 2 is 2.04 bits per heavy atom. The van der Waals surface area contributed by atoms with Crippen molar-refractivity contribution in [2.75, 3.05) is 46.2 Å². The van der Waals surface area contributed by atoms with Crippen LogP contribution in [0.5, 0.6) is 0 Å². The van der Waals surface area contributed by atoms with E-state index in [1.54, 1.807) is 18.4 Å². The molecule has 6 heteroatoms. The van der Waals surface area contributed by atoms with E-state index in [-0.39, 0.29) is 0 Å². The zero-order valence-corrected chi connectivity index (χ0v) is 16.1. The van der Waals surface area contributed by atoms with E-state index in [9.17, 15) is 0 Å². The summed E-state index contributed by atoms with van der Waals surface area (Å²) in [5.41, 5.74) is 2.34. The summed E-state index contributed by atoms with van der Waals surface area (Å²) in [4.78, 5) is 7.95. The Labute approximate surface area is 154 Å². The Bertz CT molecular complexity index is 625. The number of likely N-dealkylation sites (N-methyl/N-ethyl adjacent to an activating group) is 1. The molecule has 25 heavy (non-hydrogen) atoms. The fourth-order valence-electron chi connectivity index (χ4n) is 2.44. The van der Waals surface area contributed by atoms with Crippen LogP contribution in [0.2, 0.25) is 0 Å². The number of hydrogen-bond donors (Lipinski definition) is 2. The van der Waals surface area contributed by atoms with Gasteiger partial charge < -0.3 is 20.3 Å². The van der Waals surface area contributed by atoms with Crippen LogP contribution in [0.1, 0.15) is 10.4 Å². The number of nitrogens with one attached hydrogen (secondary N) is 2. The zero-order chi connectivity index (χ0) is 17.9. The van der Waals surface area contributed by atoms with Crippen molar-refractivity contribution >= 4 is 23.0 Å². The van der Waals surface area contributed by atoms with Gasteiger partial charge in [0.2, 0.25) is 0 Å². The predicted octanol–water partition coefficient (Wildman–Crippen LogP) is 3.06. The van der Waals surface area contributed by atoms with E-state index in [0.29, 0.717) is 6.61 Å². The van der Waals surface area contributed by atoms with Crippen molar-refractivity contribution in [2.45, 2.75) is 13.0 Å². The maximum absolute atomic E-state index is 5.04. The Morgan fingerprint density at radius 3 is 2.68 bits per heavy atom. The van der Waals surface area contributed by atoms with Gasteiger partial charge in [-0.05, 0) is 35.6 Å². The number of anilines is 1. The minimum atomic E-state index is 0.706. The number of methoxy groups -OCH3 is 1. The van der Waals surface area contributed by atoms with Crippen molar-refractivity contribution < 1.29 is 4.74 Å². The van der Waals surface area contributed by atoms with Crippen LogP contribution in [0.25, 0.3) is 0 Å². The highest BCUT2D eigenvalue weighted by Gasteiger charge is 2.06. The number of hydrogen-bond acceptors (Lipinski definition) is 4. The van der Waals surface area contributed by atoms with Crippen molar-refractivity contribution in [3.05, 3.63) is 52.2 Å². The van der Waals surface area contributed by atoms with Gasteiger partial charge in [0, 0.05) is 51.4 Å². The third-order valence-corrected chi connectivity index (χ3v) is 4.82. The van der Waals surface area contributed by atoms with E-state index >= 15 is 0 Å². The highest BCUT2D eigenvalue weighted by molar-refractivity contribution is 7.09. The van der Waals surface area contributed by atoms with Gasteiger partial charge in [-0.3, -0.25) is 4.99 Å². The standard InChI is InChI=1S/C19H28N4OS/c1-20-19(23(2)12-10-18-5-4-14-25-18)22-15-16-6-8-17(9-7-16)21-11-13-24-3/h4-9,14,21H,10-13,15H2,1-3H3,(H,20,22). The second-order valence-electron chi connectivity index (χ2n) is 5.77. The number of aliphatic imine (C=N–C) groups is 1. The van der Waals surface area contributed by atoms with Crippen molar-refractivity contribution in [3.63, 3.8) is 0 Å².